The number of likely N-dealkylation sites (tertiary alicyclic amines) is 1. The van der Waals surface area contributed by atoms with Gasteiger partial charge in [0, 0.05) is 25.1 Å². The molecule has 0 aromatic heterocycles. The van der Waals surface area contributed by atoms with Crippen LogP contribution in [0.15, 0.2) is 18.2 Å². The van der Waals surface area contributed by atoms with Crippen molar-refractivity contribution in [3.63, 3.8) is 0 Å². The molecule has 2 fully saturated rings. The van der Waals surface area contributed by atoms with Crippen LogP contribution in [0.3, 0.4) is 0 Å². The Kier molecular flexibility index (Phi) is 5.81. The van der Waals surface area contributed by atoms with Crippen molar-refractivity contribution >= 4 is 23.6 Å². The molecule has 1 aromatic carbocycles. The molecule has 1 unspecified atom stereocenters. The van der Waals surface area contributed by atoms with Crippen molar-refractivity contribution in [3.05, 3.63) is 34.9 Å². The highest BCUT2D eigenvalue weighted by Crippen LogP contribution is 2.28. The molecule has 3 heterocycles. The summed E-state index contributed by atoms with van der Waals surface area (Å²) in [6.45, 7) is 3.33. The van der Waals surface area contributed by atoms with Gasteiger partial charge in [-0.15, -0.1) is 0 Å². The predicted octanol–water partition coefficient (Wildman–Crippen LogP) is 0.163. The van der Waals surface area contributed by atoms with Crippen molar-refractivity contribution in [1.29, 1.82) is 0 Å². The number of nitrogens with one attached hydrogen (secondary N) is 2. The van der Waals surface area contributed by atoms with E-state index in [9.17, 15) is 19.2 Å². The molecule has 3 aliphatic rings. The Morgan fingerprint density at radius 1 is 1.20 bits per heavy atom. The fourth-order valence-corrected chi connectivity index (χ4v) is 4.14. The Morgan fingerprint density at radius 3 is 2.77 bits per heavy atom. The second-order valence-corrected chi connectivity index (χ2v) is 7.86. The first-order valence-electron chi connectivity index (χ1n) is 10.3. The zero-order valence-corrected chi connectivity index (χ0v) is 16.7. The van der Waals surface area contributed by atoms with Gasteiger partial charge in [0.15, 0.2) is 0 Å². The fourth-order valence-electron chi connectivity index (χ4n) is 4.14. The highest BCUT2D eigenvalue weighted by Gasteiger charge is 2.39. The number of rotatable bonds is 4. The van der Waals surface area contributed by atoms with Gasteiger partial charge in [-0.1, -0.05) is 18.1 Å². The molecule has 3 aliphatic heterocycles. The second kappa shape index (κ2) is 8.67. The maximum atomic E-state index is 12.7. The van der Waals surface area contributed by atoms with Crippen LogP contribution < -0.4 is 10.6 Å². The summed E-state index contributed by atoms with van der Waals surface area (Å²) in [4.78, 5) is 51.9. The summed E-state index contributed by atoms with van der Waals surface area (Å²) in [5.74, 6) is 4.28. The lowest BCUT2D eigenvalue weighted by molar-refractivity contribution is -0.137. The van der Waals surface area contributed by atoms with E-state index < -0.39 is 11.9 Å². The van der Waals surface area contributed by atoms with Gasteiger partial charge in [0.2, 0.25) is 11.8 Å². The van der Waals surface area contributed by atoms with Crippen molar-refractivity contribution in [2.75, 3.05) is 19.6 Å². The van der Waals surface area contributed by atoms with Crippen LogP contribution in [0, 0.1) is 11.8 Å². The Balaban J connectivity index is 1.33. The van der Waals surface area contributed by atoms with Crippen LogP contribution in [-0.4, -0.2) is 59.1 Å². The van der Waals surface area contributed by atoms with E-state index in [1.165, 1.54) is 17.7 Å². The average Bonchev–Trinajstić information content (AvgIpc) is 3.35. The van der Waals surface area contributed by atoms with E-state index in [1.807, 2.05) is 6.07 Å². The lowest BCUT2D eigenvalue weighted by Crippen LogP contribution is -2.52. The summed E-state index contributed by atoms with van der Waals surface area (Å²) >= 11 is 0. The molecule has 1 aromatic rings. The number of piperidine rings is 1. The summed E-state index contributed by atoms with van der Waals surface area (Å²) in [6, 6.07) is 4.76. The summed E-state index contributed by atoms with van der Waals surface area (Å²) in [5, 5.41) is 5.08. The number of carbonyl (C=O) groups excluding carboxylic acids is 4. The molecule has 0 spiro atoms. The molecule has 8 heteroatoms. The molecule has 1 atom stereocenters. The van der Waals surface area contributed by atoms with E-state index in [1.54, 1.807) is 12.1 Å². The number of amides is 4. The molecule has 0 aliphatic carbocycles. The van der Waals surface area contributed by atoms with Gasteiger partial charge in [0.1, 0.15) is 6.04 Å². The van der Waals surface area contributed by atoms with Crippen molar-refractivity contribution in [1.82, 2.24) is 20.4 Å². The minimum absolute atomic E-state index is 0.206. The molecule has 2 saturated heterocycles. The third-order valence-corrected chi connectivity index (χ3v) is 5.74. The smallest absolute Gasteiger partial charge is 0.296 e. The molecule has 0 bridgehead atoms. The van der Waals surface area contributed by atoms with Crippen LogP contribution in [0.1, 0.15) is 47.2 Å². The summed E-state index contributed by atoms with van der Waals surface area (Å²) in [6.07, 6.45) is 2.95. The maximum Gasteiger partial charge on any atom is 0.296 e. The molecule has 0 radical (unpaired) electrons. The topological polar surface area (TPSA) is 98.8 Å². The van der Waals surface area contributed by atoms with Crippen molar-refractivity contribution < 1.29 is 19.2 Å². The van der Waals surface area contributed by atoms with E-state index in [0.717, 1.165) is 24.2 Å². The van der Waals surface area contributed by atoms with Crippen molar-refractivity contribution in [2.45, 2.75) is 44.8 Å². The number of benzene rings is 1. The molecule has 0 saturated carbocycles. The van der Waals surface area contributed by atoms with Gasteiger partial charge in [0.05, 0.1) is 6.54 Å². The summed E-state index contributed by atoms with van der Waals surface area (Å²) in [7, 11) is 0. The SMILES string of the molecule is O=C(C#CCN1CCCC1)NCc1ccc2c(c1)CN(C1CCC(=O)NC1=O)C2=O. The largest absolute Gasteiger partial charge is 0.341 e. The van der Waals surface area contributed by atoms with Gasteiger partial charge in [0.25, 0.3) is 11.8 Å². The molecule has 4 amide bonds. The van der Waals surface area contributed by atoms with E-state index in [2.05, 4.69) is 27.4 Å². The predicted molar refractivity (Wildman–Crippen MR) is 108 cm³/mol. The average molecular weight is 408 g/mol. The van der Waals surface area contributed by atoms with Gasteiger partial charge in [-0.3, -0.25) is 29.4 Å². The number of imide groups is 1. The number of nitrogens with zero attached hydrogens (tertiary/aromatic N) is 2. The van der Waals surface area contributed by atoms with Crippen LogP contribution in [0.2, 0.25) is 0 Å². The van der Waals surface area contributed by atoms with Crippen molar-refractivity contribution in [2.24, 2.45) is 0 Å². The van der Waals surface area contributed by atoms with E-state index in [0.29, 0.717) is 31.6 Å². The Bertz CT molecular complexity index is 956. The van der Waals surface area contributed by atoms with Crippen LogP contribution in [0.4, 0.5) is 0 Å². The quantitative estimate of drug-likeness (QED) is 0.546. The standard InChI is InChI=1S/C22H24N4O4/c27-19(4-3-11-25-9-1-2-10-25)23-13-15-5-6-17-16(12-15)14-26(22(17)30)18-7-8-20(28)24-21(18)29/h5-6,12,18H,1-2,7-11,13-14H2,(H,23,27)(H,24,28,29). The molecular weight excluding hydrogens is 384 g/mol. The number of hydrogen-bond donors (Lipinski definition) is 2. The monoisotopic (exact) mass is 408 g/mol. The highest BCUT2D eigenvalue weighted by atomic mass is 16.2. The summed E-state index contributed by atoms with van der Waals surface area (Å²) in [5.41, 5.74) is 2.23. The van der Waals surface area contributed by atoms with Gasteiger partial charge in [-0.25, -0.2) is 0 Å². The minimum Gasteiger partial charge on any atom is -0.341 e. The van der Waals surface area contributed by atoms with E-state index in [-0.39, 0.29) is 24.1 Å². The highest BCUT2D eigenvalue weighted by molar-refractivity contribution is 6.05. The van der Waals surface area contributed by atoms with Gasteiger partial charge >= 0.3 is 0 Å². The zero-order chi connectivity index (χ0) is 21.1. The maximum absolute atomic E-state index is 12.7. The Hall–Kier alpha value is -3.18. The van der Waals surface area contributed by atoms with Gasteiger partial charge < -0.3 is 10.2 Å². The first-order chi connectivity index (χ1) is 14.5. The van der Waals surface area contributed by atoms with Crippen LogP contribution in [0.25, 0.3) is 0 Å². The molecular formula is C22H24N4O4. The molecule has 30 heavy (non-hydrogen) atoms. The fraction of sp³-hybridized carbons (Fsp3) is 0.455. The third-order valence-electron chi connectivity index (χ3n) is 5.74. The van der Waals surface area contributed by atoms with Crippen LogP contribution in [-0.2, 0) is 27.5 Å². The lowest BCUT2D eigenvalue weighted by atomic mass is 10.0. The molecule has 8 nitrogen and oxygen atoms in total. The molecule has 4 rings (SSSR count). The van der Waals surface area contributed by atoms with Crippen molar-refractivity contribution in [3.8, 4) is 11.8 Å². The van der Waals surface area contributed by atoms with Gasteiger partial charge in [-0.05, 0) is 55.5 Å². The van der Waals surface area contributed by atoms with E-state index in [4.69, 9.17) is 0 Å². The summed E-state index contributed by atoms with van der Waals surface area (Å²) < 4.78 is 0. The number of carbonyl (C=O) groups is 4. The minimum atomic E-state index is -0.628. The first kappa shape index (κ1) is 20.1. The first-order valence-corrected chi connectivity index (χ1v) is 10.3. The molecule has 156 valence electrons. The van der Waals surface area contributed by atoms with E-state index >= 15 is 0 Å². The van der Waals surface area contributed by atoms with Gasteiger partial charge in [-0.2, -0.15) is 0 Å². The van der Waals surface area contributed by atoms with Crippen LogP contribution in [0.5, 0.6) is 0 Å². The third kappa shape index (κ3) is 4.36. The Morgan fingerprint density at radius 2 is 2.00 bits per heavy atom. The second-order valence-electron chi connectivity index (χ2n) is 7.86. The zero-order valence-electron chi connectivity index (χ0n) is 16.7. The number of fused-ring (bicyclic) bond motifs is 1. The Labute approximate surface area is 175 Å². The normalized spacial score (nSPS) is 21.1. The van der Waals surface area contributed by atoms with Crippen LogP contribution >= 0.6 is 0 Å². The number of hydrogen-bond acceptors (Lipinski definition) is 5. The lowest BCUT2D eigenvalue weighted by Gasteiger charge is -2.29. The molecule has 2 N–H and O–H groups in total.